The minimum atomic E-state index is -3.47. The number of nitrogens with zero attached hydrogens (tertiary/aromatic N) is 1. The molecule has 1 saturated heterocycles. The van der Waals surface area contributed by atoms with Gasteiger partial charge in [-0.3, -0.25) is 4.90 Å². The number of sulfonamides is 1. The Morgan fingerprint density at radius 2 is 1.87 bits per heavy atom. The Morgan fingerprint density at radius 3 is 2.48 bits per heavy atom. The Hall–Kier alpha value is -1.15. The second-order valence-electron chi connectivity index (χ2n) is 6.03. The zero-order valence-corrected chi connectivity index (χ0v) is 14.6. The summed E-state index contributed by atoms with van der Waals surface area (Å²) in [5.74, 6) is 1.12. The molecule has 0 aromatic heterocycles. The predicted octanol–water partition coefficient (Wildman–Crippen LogP) is 1.33. The fraction of sp³-hybridized carbons (Fsp3) is 0.625. The van der Waals surface area contributed by atoms with Crippen molar-refractivity contribution in [3.8, 4) is 5.75 Å². The number of rotatable bonds is 8. The van der Waals surface area contributed by atoms with E-state index in [2.05, 4.69) is 23.5 Å². The smallest absolute Gasteiger partial charge is 0.240 e. The van der Waals surface area contributed by atoms with Crippen molar-refractivity contribution in [1.82, 2.24) is 9.62 Å². The summed E-state index contributed by atoms with van der Waals surface area (Å²) in [5, 5.41) is 0. The topological polar surface area (TPSA) is 67.9 Å². The van der Waals surface area contributed by atoms with Gasteiger partial charge in [-0.15, -0.1) is 0 Å². The van der Waals surface area contributed by atoms with Crippen molar-refractivity contribution in [3.05, 3.63) is 24.3 Å². The molecule has 2 rings (SSSR count). The molecule has 7 heteroatoms. The highest BCUT2D eigenvalue weighted by Crippen LogP contribution is 2.16. The van der Waals surface area contributed by atoms with Crippen LogP contribution in [0.25, 0.3) is 0 Å². The van der Waals surface area contributed by atoms with E-state index >= 15 is 0 Å². The average Bonchev–Trinajstić information content (AvgIpc) is 2.54. The van der Waals surface area contributed by atoms with Gasteiger partial charge in [-0.2, -0.15) is 0 Å². The summed E-state index contributed by atoms with van der Waals surface area (Å²) in [6.07, 6.45) is 0. The SMILES string of the molecule is CC(C)COc1ccc(S(=O)(=O)NCCN2CCOCC2)cc1. The standard InChI is InChI=1S/C16H26N2O4S/c1-14(2)13-22-15-3-5-16(6-4-15)23(19,20)17-7-8-18-9-11-21-12-10-18/h3-6,14,17H,7-13H2,1-2H3. The summed E-state index contributed by atoms with van der Waals surface area (Å²) in [7, 11) is -3.47. The summed E-state index contributed by atoms with van der Waals surface area (Å²) >= 11 is 0. The van der Waals surface area contributed by atoms with Gasteiger partial charge in [0.2, 0.25) is 10.0 Å². The summed E-state index contributed by atoms with van der Waals surface area (Å²) in [6, 6.07) is 6.54. The summed E-state index contributed by atoms with van der Waals surface area (Å²) in [6.45, 7) is 8.97. The highest BCUT2D eigenvalue weighted by molar-refractivity contribution is 7.89. The zero-order chi connectivity index (χ0) is 16.7. The highest BCUT2D eigenvalue weighted by Gasteiger charge is 2.15. The minimum Gasteiger partial charge on any atom is -0.493 e. The van der Waals surface area contributed by atoms with Crippen molar-refractivity contribution in [2.24, 2.45) is 5.92 Å². The van der Waals surface area contributed by atoms with Gasteiger partial charge in [0.15, 0.2) is 0 Å². The van der Waals surface area contributed by atoms with Gasteiger partial charge in [-0.25, -0.2) is 13.1 Å². The number of morpholine rings is 1. The number of hydrogen-bond donors (Lipinski definition) is 1. The van der Waals surface area contributed by atoms with E-state index in [1.165, 1.54) is 0 Å². The molecular weight excluding hydrogens is 316 g/mol. The summed E-state index contributed by atoms with van der Waals surface area (Å²) < 4.78 is 38.0. The van der Waals surface area contributed by atoms with Crippen LogP contribution in [0, 0.1) is 5.92 Å². The molecule has 23 heavy (non-hydrogen) atoms. The third kappa shape index (κ3) is 6.10. The summed E-state index contributed by atoms with van der Waals surface area (Å²) in [4.78, 5) is 2.45. The molecule has 0 radical (unpaired) electrons. The van der Waals surface area contributed by atoms with Gasteiger partial charge in [0.25, 0.3) is 0 Å². The molecule has 1 aliphatic heterocycles. The molecule has 1 heterocycles. The molecule has 1 aromatic rings. The molecule has 0 aliphatic carbocycles. The molecule has 0 bridgehead atoms. The fourth-order valence-corrected chi connectivity index (χ4v) is 3.25. The van der Waals surface area contributed by atoms with Crippen LogP contribution in [0.15, 0.2) is 29.2 Å². The normalized spacial score (nSPS) is 16.7. The maximum absolute atomic E-state index is 12.3. The van der Waals surface area contributed by atoms with Gasteiger partial charge in [-0.1, -0.05) is 13.8 Å². The second kappa shape index (κ2) is 8.63. The van der Waals surface area contributed by atoms with E-state index < -0.39 is 10.0 Å². The van der Waals surface area contributed by atoms with Crippen molar-refractivity contribution in [3.63, 3.8) is 0 Å². The Balaban J connectivity index is 1.83. The van der Waals surface area contributed by atoms with Gasteiger partial charge < -0.3 is 9.47 Å². The van der Waals surface area contributed by atoms with Gasteiger partial charge >= 0.3 is 0 Å². The highest BCUT2D eigenvalue weighted by atomic mass is 32.2. The van der Waals surface area contributed by atoms with E-state index in [4.69, 9.17) is 9.47 Å². The van der Waals surface area contributed by atoms with Crippen molar-refractivity contribution in [2.45, 2.75) is 18.7 Å². The lowest BCUT2D eigenvalue weighted by Gasteiger charge is -2.26. The van der Waals surface area contributed by atoms with Crippen LogP contribution in [0.5, 0.6) is 5.75 Å². The molecule has 1 aliphatic rings. The van der Waals surface area contributed by atoms with Crippen molar-refractivity contribution in [1.29, 1.82) is 0 Å². The van der Waals surface area contributed by atoms with Crippen LogP contribution in [0.1, 0.15) is 13.8 Å². The van der Waals surface area contributed by atoms with E-state index in [1.807, 2.05) is 0 Å². The molecule has 1 aromatic carbocycles. The van der Waals surface area contributed by atoms with Gasteiger partial charge in [0.05, 0.1) is 24.7 Å². The lowest BCUT2D eigenvalue weighted by molar-refractivity contribution is 0.0390. The van der Waals surface area contributed by atoms with Gasteiger partial charge in [0.1, 0.15) is 5.75 Å². The van der Waals surface area contributed by atoms with Crippen molar-refractivity contribution < 1.29 is 17.9 Å². The molecule has 1 N–H and O–H groups in total. The average molecular weight is 342 g/mol. The van der Waals surface area contributed by atoms with Crippen LogP contribution < -0.4 is 9.46 Å². The monoisotopic (exact) mass is 342 g/mol. The largest absolute Gasteiger partial charge is 0.493 e. The molecule has 0 amide bonds. The van der Waals surface area contributed by atoms with Crippen molar-refractivity contribution in [2.75, 3.05) is 46.0 Å². The lowest BCUT2D eigenvalue weighted by atomic mass is 10.2. The van der Waals surface area contributed by atoms with Crippen LogP contribution in [0.2, 0.25) is 0 Å². The maximum atomic E-state index is 12.3. The first kappa shape index (κ1) is 18.2. The van der Waals surface area contributed by atoms with E-state index in [1.54, 1.807) is 24.3 Å². The van der Waals surface area contributed by atoms with Crippen molar-refractivity contribution >= 4 is 10.0 Å². The Morgan fingerprint density at radius 1 is 1.22 bits per heavy atom. The van der Waals surface area contributed by atoms with E-state index in [-0.39, 0.29) is 4.90 Å². The van der Waals surface area contributed by atoms with Gasteiger partial charge in [0, 0.05) is 26.2 Å². The zero-order valence-electron chi connectivity index (χ0n) is 13.8. The van der Waals surface area contributed by atoms with E-state index in [0.29, 0.717) is 44.6 Å². The van der Waals surface area contributed by atoms with Gasteiger partial charge in [-0.05, 0) is 30.2 Å². The molecule has 0 atom stereocenters. The van der Waals surface area contributed by atoms with Crippen LogP contribution >= 0.6 is 0 Å². The molecule has 0 unspecified atom stereocenters. The molecule has 6 nitrogen and oxygen atoms in total. The van der Waals surface area contributed by atoms with Crippen LogP contribution in [-0.2, 0) is 14.8 Å². The van der Waals surface area contributed by atoms with E-state index in [0.717, 1.165) is 13.1 Å². The fourth-order valence-electron chi connectivity index (χ4n) is 2.22. The molecule has 1 fully saturated rings. The number of hydrogen-bond acceptors (Lipinski definition) is 5. The third-order valence-electron chi connectivity index (χ3n) is 3.54. The minimum absolute atomic E-state index is 0.261. The molecular formula is C16H26N2O4S. The van der Waals surface area contributed by atoms with Crippen LogP contribution in [-0.4, -0.2) is 59.3 Å². The van der Waals surface area contributed by atoms with Crippen LogP contribution in [0.4, 0.5) is 0 Å². The first-order valence-electron chi connectivity index (χ1n) is 8.00. The second-order valence-corrected chi connectivity index (χ2v) is 7.79. The number of nitrogens with one attached hydrogen (secondary N) is 1. The first-order valence-corrected chi connectivity index (χ1v) is 9.48. The number of ether oxygens (including phenoxy) is 2. The first-order chi connectivity index (χ1) is 11.0. The molecule has 0 saturated carbocycles. The maximum Gasteiger partial charge on any atom is 0.240 e. The quantitative estimate of drug-likeness (QED) is 0.772. The van der Waals surface area contributed by atoms with E-state index in [9.17, 15) is 8.42 Å². The molecule has 130 valence electrons. The Labute approximate surface area is 138 Å². The Bertz CT molecular complexity index is 566. The molecule has 0 spiro atoms. The summed E-state index contributed by atoms with van der Waals surface area (Å²) in [5.41, 5.74) is 0. The third-order valence-corrected chi connectivity index (χ3v) is 5.02. The lowest BCUT2D eigenvalue weighted by Crippen LogP contribution is -2.41. The Kier molecular flexibility index (Phi) is 6.83. The number of benzene rings is 1. The predicted molar refractivity (Wildman–Crippen MR) is 89.2 cm³/mol. The van der Waals surface area contributed by atoms with Crippen LogP contribution in [0.3, 0.4) is 0 Å².